The summed E-state index contributed by atoms with van der Waals surface area (Å²) in [7, 11) is 0. The summed E-state index contributed by atoms with van der Waals surface area (Å²) in [6.07, 6.45) is -0.110. The van der Waals surface area contributed by atoms with E-state index in [9.17, 15) is 37.6 Å². The molecule has 0 spiro atoms. The van der Waals surface area contributed by atoms with Crippen LogP contribution >= 0.6 is 12.2 Å². The van der Waals surface area contributed by atoms with Gasteiger partial charge in [0.05, 0.1) is 47.9 Å². The summed E-state index contributed by atoms with van der Waals surface area (Å²) in [5.74, 6) is -0.592. The number of carbonyl (C=O) groups excluding carboxylic acids is 4. The number of amides is 4. The van der Waals surface area contributed by atoms with Crippen LogP contribution in [0.15, 0.2) is 54.7 Å². The molecule has 0 saturated carbocycles. The van der Waals surface area contributed by atoms with E-state index in [4.69, 9.17) is 17.0 Å². The number of imide groups is 1. The Morgan fingerprint density at radius 2 is 1.77 bits per heavy atom. The lowest BCUT2D eigenvalue weighted by atomic mass is 9.85. The van der Waals surface area contributed by atoms with Crippen LogP contribution in [0, 0.1) is 17.2 Å². The van der Waals surface area contributed by atoms with Crippen molar-refractivity contribution < 1.29 is 37.1 Å². The number of halogens is 3. The van der Waals surface area contributed by atoms with Crippen molar-refractivity contribution in [2.45, 2.75) is 109 Å². The summed E-state index contributed by atoms with van der Waals surface area (Å²) in [5.41, 5.74) is -0.556. The third-order valence-electron chi connectivity index (χ3n) is 11.4. The summed E-state index contributed by atoms with van der Waals surface area (Å²) in [4.78, 5) is 60.1. The topological polar surface area (TPSA) is 160 Å². The number of rotatable bonds is 12. The van der Waals surface area contributed by atoms with Crippen LogP contribution in [0.3, 0.4) is 0 Å². The van der Waals surface area contributed by atoms with Crippen LogP contribution in [0.5, 0.6) is 5.88 Å². The van der Waals surface area contributed by atoms with Crippen LogP contribution in [0.4, 0.5) is 35.9 Å². The van der Waals surface area contributed by atoms with E-state index in [0.717, 1.165) is 41.9 Å². The predicted molar refractivity (Wildman–Crippen MR) is 224 cm³/mol. The molecule has 1 unspecified atom stereocenters. The van der Waals surface area contributed by atoms with Crippen molar-refractivity contribution in [1.29, 1.82) is 5.26 Å². The molecule has 4 atom stereocenters. The maximum Gasteiger partial charge on any atom is 0.417 e. The number of likely N-dealkylation sites (tertiary alicyclic amines) is 1. The average molecular weight is 847 g/mol. The quantitative estimate of drug-likeness (QED) is 0.126. The summed E-state index contributed by atoms with van der Waals surface area (Å²) in [6, 6.07) is 13.4. The van der Waals surface area contributed by atoms with Crippen molar-refractivity contribution in [3.63, 3.8) is 0 Å². The van der Waals surface area contributed by atoms with Gasteiger partial charge in [0.1, 0.15) is 11.6 Å². The van der Waals surface area contributed by atoms with Gasteiger partial charge in [-0.3, -0.25) is 34.3 Å². The molecule has 3 aliphatic rings. The Morgan fingerprint density at radius 1 is 1.07 bits per heavy atom. The lowest BCUT2D eigenvalue weighted by molar-refractivity contribution is -0.138. The molecule has 13 nitrogen and oxygen atoms in total. The van der Waals surface area contributed by atoms with Gasteiger partial charge in [-0.05, 0) is 120 Å². The zero-order valence-corrected chi connectivity index (χ0v) is 35.2. The van der Waals surface area contributed by atoms with Crippen LogP contribution in [0.1, 0.15) is 96.3 Å². The molecule has 3 aliphatic heterocycles. The van der Waals surface area contributed by atoms with E-state index in [2.05, 4.69) is 39.7 Å². The van der Waals surface area contributed by atoms with Gasteiger partial charge < -0.3 is 20.3 Å². The normalized spacial score (nSPS) is 22.1. The number of pyridine rings is 1. The summed E-state index contributed by atoms with van der Waals surface area (Å²) < 4.78 is 47.7. The van der Waals surface area contributed by atoms with Gasteiger partial charge in [0.25, 0.3) is 5.91 Å². The van der Waals surface area contributed by atoms with E-state index in [0.29, 0.717) is 41.9 Å². The first kappa shape index (κ1) is 44.0. The Balaban J connectivity index is 1.05. The number of hydrogen-bond acceptors (Lipinski definition) is 10. The minimum atomic E-state index is -4.81. The van der Waals surface area contributed by atoms with E-state index in [1.54, 1.807) is 55.3 Å². The van der Waals surface area contributed by atoms with Gasteiger partial charge >= 0.3 is 6.18 Å². The molecule has 3 fully saturated rings. The molecule has 4 heterocycles. The zero-order chi connectivity index (χ0) is 43.7. The maximum absolute atomic E-state index is 13.8. The zero-order valence-electron chi connectivity index (χ0n) is 34.4. The van der Waals surface area contributed by atoms with Crippen LogP contribution in [0.25, 0.3) is 0 Å². The van der Waals surface area contributed by atoms with Crippen molar-refractivity contribution in [3.8, 4) is 11.9 Å². The van der Waals surface area contributed by atoms with Crippen LogP contribution in [-0.4, -0.2) is 75.4 Å². The molecule has 318 valence electrons. The molecule has 0 radical (unpaired) electrons. The number of nitrogens with zero attached hydrogens (tertiary/aromatic N) is 5. The molecule has 1 aromatic heterocycles. The van der Waals surface area contributed by atoms with Crippen molar-refractivity contribution >= 4 is 63.7 Å². The molecule has 4 amide bonds. The fourth-order valence-electron chi connectivity index (χ4n) is 8.30. The predicted octanol–water partition coefficient (Wildman–Crippen LogP) is 7.13. The monoisotopic (exact) mass is 846 g/mol. The largest absolute Gasteiger partial charge is 0.477 e. The van der Waals surface area contributed by atoms with Crippen molar-refractivity contribution in [2.75, 3.05) is 33.6 Å². The van der Waals surface area contributed by atoms with Crippen LogP contribution < -0.4 is 30.5 Å². The van der Waals surface area contributed by atoms with E-state index in [-0.39, 0.29) is 59.5 Å². The van der Waals surface area contributed by atoms with Gasteiger partial charge in [-0.15, -0.1) is 0 Å². The number of ether oxygens (including phenoxy) is 1. The van der Waals surface area contributed by atoms with E-state index in [1.807, 2.05) is 19.9 Å². The van der Waals surface area contributed by atoms with Gasteiger partial charge in [-0.2, -0.15) is 18.4 Å². The molecule has 3 aromatic rings. The molecule has 3 N–H and O–H groups in total. The Labute approximate surface area is 352 Å². The molecule has 60 heavy (non-hydrogen) atoms. The summed E-state index contributed by atoms with van der Waals surface area (Å²) in [5, 5.41) is 17.7. The minimum absolute atomic E-state index is 0.0198. The van der Waals surface area contributed by atoms with Crippen molar-refractivity contribution in [2.24, 2.45) is 5.92 Å². The average Bonchev–Trinajstić information content (AvgIpc) is 3.35. The first-order valence-corrected chi connectivity index (χ1v) is 20.4. The van der Waals surface area contributed by atoms with Gasteiger partial charge in [0.2, 0.25) is 23.6 Å². The summed E-state index contributed by atoms with van der Waals surface area (Å²) >= 11 is 5.73. The van der Waals surface area contributed by atoms with E-state index >= 15 is 0 Å². The molecule has 17 heteroatoms. The lowest BCUT2D eigenvalue weighted by Gasteiger charge is -2.42. The van der Waals surface area contributed by atoms with Gasteiger partial charge in [0.15, 0.2) is 5.11 Å². The Kier molecular flexibility index (Phi) is 12.9. The molecule has 0 aliphatic carbocycles. The van der Waals surface area contributed by atoms with Crippen molar-refractivity contribution in [1.82, 2.24) is 15.2 Å². The fourth-order valence-corrected chi connectivity index (χ4v) is 8.82. The highest BCUT2D eigenvalue weighted by Crippen LogP contribution is 2.41. The highest BCUT2D eigenvalue weighted by molar-refractivity contribution is 7.81. The SMILES string of the molecule is CC(C)c1cc(N2C(=S)N(c3ccc(C#N)c(C(F)(F)F)c3)C(=O)C2(C)C)cnc1OCC[C@H]1C[C@@H](C)N(CC(=O)Nc2cccc(NC3CCC(=O)NC3=O)c2)[C@@H](C)C1. The van der Waals surface area contributed by atoms with Crippen LogP contribution in [0.2, 0.25) is 0 Å². The number of benzene rings is 2. The second-order valence-electron chi connectivity index (χ2n) is 16.5. The minimum Gasteiger partial charge on any atom is -0.477 e. The molecule has 6 rings (SSSR count). The first-order chi connectivity index (χ1) is 28.3. The number of thiocarbonyl (C=S) groups is 1. The molecule has 2 aromatic carbocycles. The highest BCUT2D eigenvalue weighted by Gasteiger charge is 2.51. The molecule has 3 saturated heterocycles. The Hall–Kier alpha value is -5.60. The number of nitriles is 1. The second kappa shape index (κ2) is 17.6. The fraction of sp³-hybridized carbons (Fsp3) is 0.465. The number of aromatic nitrogens is 1. The summed E-state index contributed by atoms with van der Waals surface area (Å²) in [6.45, 7) is 12.1. The number of piperidine rings is 2. The third-order valence-corrected chi connectivity index (χ3v) is 11.8. The molecular formula is C43H49F3N8O5S. The Morgan fingerprint density at radius 3 is 2.42 bits per heavy atom. The number of nitrogens with one attached hydrogen (secondary N) is 3. The van der Waals surface area contributed by atoms with Gasteiger partial charge in [-0.25, -0.2) is 4.98 Å². The number of carbonyl (C=O) groups is 4. The lowest BCUT2D eigenvalue weighted by Crippen LogP contribution is -2.49. The van der Waals surface area contributed by atoms with Crippen LogP contribution in [-0.2, 0) is 25.4 Å². The maximum atomic E-state index is 13.8. The first-order valence-electron chi connectivity index (χ1n) is 20.0. The standard InChI is InChI=1S/C43H49F3N8O5S/c1-24(2)33-19-32(54-41(60)53(40(58)42(54,5)6)31-11-10-28(21-47)34(20-31)43(44,45)46)22-48-39(33)59-15-14-27-16-25(3)52(26(4)17-27)23-37(56)50-30-9-7-8-29(18-30)49-35-12-13-36(55)51-38(35)57/h7-11,18-20,22,24-27,35,49H,12-17,23H2,1-6H3,(H,50,56)(H,51,55,57)/t25-,26+,27+,35?. The number of alkyl halides is 3. The highest BCUT2D eigenvalue weighted by atomic mass is 32.1. The smallest absolute Gasteiger partial charge is 0.417 e. The van der Waals surface area contributed by atoms with Gasteiger partial charge in [-0.1, -0.05) is 19.9 Å². The Bertz CT molecular complexity index is 2210. The van der Waals surface area contributed by atoms with E-state index in [1.165, 1.54) is 6.07 Å². The number of hydrogen-bond donors (Lipinski definition) is 3. The second-order valence-corrected chi connectivity index (χ2v) is 16.9. The molecular weight excluding hydrogens is 798 g/mol. The third kappa shape index (κ3) is 9.39. The molecule has 0 bridgehead atoms. The van der Waals surface area contributed by atoms with Crippen molar-refractivity contribution in [3.05, 3.63) is 71.4 Å². The van der Waals surface area contributed by atoms with Gasteiger partial charge in [0, 0.05) is 35.4 Å². The number of anilines is 4. The van der Waals surface area contributed by atoms with E-state index < -0.39 is 34.8 Å².